The number of carbonyl (C=O) groups excluding carboxylic acids is 2. The lowest BCUT2D eigenvalue weighted by atomic mass is 9.85. The SMILES string of the molecule is CCOC(=O)N1c2ccc3c(c2C(N(Cc2cc(C(F)(F)F)cc(C(F)(F)F)c2)C(=O)OC(C)C)CC1C)CCC3. The Balaban J connectivity index is 1.87. The molecule has 1 heterocycles. The Kier molecular flexibility index (Phi) is 8.52. The van der Waals surface area contributed by atoms with Gasteiger partial charge in [0, 0.05) is 18.2 Å². The molecule has 4 rings (SSSR count). The number of benzene rings is 2. The van der Waals surface area contributed by atoms with Crippen molar-refractivity contribution in [3.05, 3.63) is 63.7 Å². The van der Waals surface area contributed by atoms with Crippen LogP contribution in [0.2, 0.25) is 0 Å². The maximum atomic E-state index is 13.6. The zero-order valence-electron chi connectivity index (χ0n) is 23.2. The highest BCUT2D eigenvalue weighted by atomic mass is 19.4. The highest BCUT2D eigenvalue weighted by Crippen LogP contribution is 2.47. The Morgan fingerprint density at radius 2 is 1.66 bits per heavy atom. The van der Waals surface area contributed by atoms with Crippen LogP contribution < -0.4 is 4.90 Å². The van der Waals surface area contributed by atoms with Gasteiger partial charge in [0.1, 0.15) is 0 Å². The van der Waals surface area contributed by atoms with E-state index in [0.717, 1.165) is 24.0 Å². The Morgan fingerprint density at radius 3 is 2.22 bits per heavy atom. The summed E-state index contributed by atoms with van der Waals surface area (Å²) in [5, 5.41) is 0. The van der Waals surface area contributed by atoms with E-state index in [2.05, 4.69) is 0 Å². The summed E-state index contributed by atoms with van der Waals surface area (Å²) in [6.45, 7) is 6.18. The lowest BCUT2D eigenvalue weighted by Gasteiger charge is -2.43. The summed E-state index contributed by atoms with van der Waals surface area (Å²) in [4.78, 5) is 29.2. The quantitative estimate of drug-likeness (QED) is 0.333. The summed E-state index contributed by atoms with van der Waals surface area (Å²) < 4.78 is 92.4. The number of fused-ring (bicyclic) bond motifs is 3. The zero-order valence-corrected chi connectivity index (χ0v) is 23.2. The van der Waals surface area contributed by atoms with Crippen LogP contribution in [0.25, 0.3) is 0 Å². The van der Waals surface area contributed by atoms with Gasteiger partial charge >= 0.3 is 24.5 Å². The Bertz CT molecular complexity index is 1280. The first-order chi connectivity index (χ1) is 19.1. The lowest BCUT2D eigenvalue weighted by molar-refractivity contribution is -0.143. The second kappa shape index (κ2) is 11.4. The lowest BCUT2D eigenvalue weighted by Crippen LogP contribution is -2.48. The molecule has 2 aliphatic rings. The normalized spacial score (nSPS) is 18.7. The van der Waals surface area contributed by atoms with E-state index in [1.807, 2.05) is 6.07 Å². The molecule has 0 N–H and O–H groups in total. The highest BCUT2D eigenvalue weighted by Gasteiger charge is 2.43. The van der Waals surface area contributed by atoms with Crippen LogP contribution in [0.3, 0.4) is 0 Å². The molecular weight excluding hydrogens is 554 g/mol. The van der Waals surface area contributed by atoms with Crippen molar-refractivity contribution in [1.29, 1.82) is 0 Å². The molecule has 6 nitrogen and oxygen atoms in total. The molecule has 0 spiro atoms. The van der Waals surface area contributed by atoms with Gasteiger partial charge in [-0.1, -0.05) is 6.07 Å². The fourth-order valence-corrected chi connectivity index (χ4v) is 5.68. The standard InChI is InChI=1S/C29H32F6N2O4/c1-5-40-27(39)37-17(4)11-24(25-22-8-6-7-19(22)9-10-23(25)37)36(26(38)41-16(2)3)15-18-12-20(28(30,31)32)14-21(13-18)29(33,34)35/h9-10,12-14,16-17,24H,5-8,11,15H2,1-4H3. The van der Waals surface area contributed by atoms with Gasteiger partial charge in [-0.05, 0) is 94.3 Å². The van der Waals surface area contributed by atoms with Crippen LogP contribution in [0.4, 0.5) is 41.6 Å². The van der Waals surface area contributed by atoms with Crippen molar-refractivity contribution < 1.29 is 45.4 Å². The van der Waals surface area contributed by atoms with E-state index in [0.29, 0.717) is 29.8 Å². The Labute approximate surface area is 234 Å². The first-order valence-electron chi connectivity index (χ1n) is 13.5. The van der Waals surface area contributed by atoms with Gasteiger partial charge in [-0.3, -0.25) is 9.80 Å². The number of anilines is 1. The molecule has 0 saturated heterocycles. The number of amides is 2. The molecule has 2 aromatic carbocycles. The first-order valence-corrected chi connectivity index (χ1v) is 13.5. The molecule has 224 valence electrons. The molecule has 0 radical (unpaired) electrons. The topological polar surface area (TPSA) is 59.1 Å². The molecule has 0 saturated carbocycles. The Morgan fingerprint density at radius 1 is 1.02 bits per heavy atom. The molecule has 2 amide bonds. The van der Waals surface area contributed by atoms with Crippen molar-refractivity contribution in [3.63, 3.8) is 0 Å². The third-order valence-electron chi connectivity index (χ3n) is 7.31. The van der Waals surface area contributed by atoms with E-state index < -0.39 is 60.4 Å². The molecule has 0 aromatic heterocycles. The zero-order chi connectivity index (χ0) is 30.3. The predicted octanol–water partition coefficient (Wildman–Crippen LogP) is 8.06. The molecule has 0 fully saturated rings. The summed E-state index contributed by atoms with van der Waals surface area (Å²) in [6.07, 6.45) is -9.73. The second-order valence-electron chi connectivity index (χ2n) is 10.6. The van der Waals surface area contributed by atoms with E-state index in [-0.39, 0.29) is 24.7 Å². The van der Waals surface area contributed by atoms with Gasteiger partial charge in [0.05, 0.1) is 35.6 Å². The Hall–Kier alpha value is -3.44. The number of halogens is 6. The van der Waals surface area contributed by atoms with Crippen molar-refractivity contribution >= 4 is 17.9 Å². The predicted molar refractivity (Wildman–Crippen MR) is 138 cm³/mol. The maximum Gasteiger partial charge on any atom is 0.416 e. The van der Waals surface area contributed by atoms with Crippen LogP contribution >= 0.6 is 0 Å². The molecule has 12 heteroatoms. The second-order valence-corrected chi connectivity index (χ2v) is 10.6. The molecule has 41 heavy (non-hydrogen) atoms. The van der Waals surface area contributed by atoms with E-state index in [1.54, 1.807) is 33.8 Å². The van der Waals surface area contributed by atoms with Crippen LogP contribution in [0.5, 0.6) is 0 Å². The minimum absolute atomic E-state index is 0.0579. The summed E-state index contributed by atoms with van der Waals surface area (Å²) in [7, 11) is 0. The molecule has 1 aliphatic heterocycles. The van der Waals surface area contributed by atoms with Gasteiger partial charge in [0.2, 0.25) is 0 Å². The van der Waals surface area contributed by atoms with Gasteiger partial charge in [-0.25, -0.2) is 9.59 Å². The minimum Gasteiger partial charge on any atom is -0.449 e. The number of hydrogen-bond donors (Lipinski definition) is 0. The van der Waals surface area contributed by atoms with Crippen molar-refractivity contribution in [1.82, 2.24) is 4.90 Å². The van der Waals surface area contributed by atoms with Crippen molar-refractivity contribution in [2.75, 3.05) is 11.5 Å². The molecule has 2 atom stereocenters. The van der Waals surface area contributed by atoms with Gasteiger partial charge in [-0.2, -0.15) is 26.3 Å². The van der Waals surface area contributed by atoms with Gasteiger partial charge in [0.25, 0.3) is 0 Å². The monoisotopic (exact) mass is 586 g/mol. The van der Waals surface area contributed by atoms with Crippen LogP contribution in [-0.2, 0) is 41.2 Å². The highest BCUT2D eigenvalue weighted by molar-refractivity contribution is 5.91. The van der Waals surface area contributed by atoms with E-state index in [9.17, 15) is 35.9 Å². The van der Waals surface area contributed by atoms with Gasteiger partial charge in [0.15, 0.2) is 0 Å². The van der Waals surface area contributed by atoms with Crippen LogP contribution in [0.1, 0.15) is 80.0 Å². The average Bonchev–Trinajstić information content (AvgIpc) is 3.34. The summed E-state index contributed by atoms with van der Waals surface area (Å²) >= 11 is 0. The third kappa shape index (κ3) is 6.41. The van der Waals surface area contributed by atoms with E-state index >= 15 is 0 Å². The summed E-state index contributed by atoms with van der Waals surface area (Å²) in [5.41, 5.74) is -0.219. The van der Waals surface area contributed by atoms with Crippen LogP contribution in [0, 0.1) is 0 Å². The van der Waals surface area contributed by atoms with E-state index in [1.165, 1.54) is 9.80 Å². The largest absolute Gasteiger partial charge is 0.449 e. The van der Waals surface area contributed by atoms with Crippen LogP contribution in [0.15, 0.2) is 30.3 Å². The molecule has 2 unspecified atom stereocenters. The van der Waals surface area contributed by atoms with Gasteiger partial charge < -0.3 is 9.47 Å². The number of ether oxygens (including phenoxy) is 2. The third-order valence-corrected chi connectivity index (χ3v) is 7.31. The molecule has 0 bridgehead atoms. The minimum atomic E-state index is -5.04. The van der Waals surface area contributed by atoms with Gasteiger partial charge in [-0.15, -0.1) is 0 Å². The van der Waals surface area contributed by atoms with Crippen LogP contribution in [-0.4, -0.2) is 35.8 Å². The smallest absolute Gasteiger partial charge is 0.416 e. The maximum absolute atomic E-state index is 13.6. The fourth-order valence-electron chi connectivity index (χ4n) is 5.68. The van der Waals surface area contributed by atoms with Crippen molar-refractivity contribution in [3.8, 4) is 0 Å². The van der Waals surface area contributed by atoms with Crippen molar-refractivity contribution in [2.45, 2.75) is 90.5 Å². The number of alkyl halides is 6. The average molecular weight is 587 g/mol. The first kappa shape index (κ1) is 30.5. The van der Waals surface area contributed by atoms with E-state index in [4.69, 9.17) is 9.47 Å². The number of hydrogen-bond acceptors (Lipinski definition) is 4. The number of aryl methyl sites for hydroxylation is 1. The number of nitrogens with zero attached hydrogens (tertiary/aromatic N) is 2. The summed E-state index contributed by atoms with van der Waals surface area (Å²) in [6, 6.07) is 3.68. The fraction of sp³-hybridized carbons (Fsp3) is 0.517. The summed E-state index contributed by atoms with van der Waals surface area (Å²) in [5.74, 6) is 0. The number of rotatable bonds is 5. The molecular formula is C29H32F6N2O4. The molecule has 1 aliphatic carbocycles. The number of carbonyl (C=O) groups is 2. The van der Waals surface area contributed by atoms with Crippen molar-refractivity contribution in [2.24, 2.45) is 0 Å². The molecule has 2 aromatic rings.